The van der Waals surface area contributed by atoms with Gasteiger partial charge < -0.3 is 5.32 Å². The van der Waals surface area contributed by atoms with Gasteiger partial charge in [0.25, 0.3) is 5.91 Å². The lowest BCUT2D eigenvalue weighted by atomic mass is 10.2. The summed E-state index contributed by atoms with van der Waals surface area (Å²) in [6, 6.07) is 11.4. The van der Waals surface area contributed by atoms with E-state index >= 15 is 0 Å². The lowest BCUT2D eigenvalue weighted by Gasteiger charge is -2.14. The van der Waals surface area contributed by atoms with Crippen LogP contribution in [0.2, 0.25) is 0 Å². The zero-order chi connectivity index (χ0) is 15.9. The Bertz CT molecular complexity index is 689. The fraction of sp³-hybridized carbons (Fsp3) is 0.312. The van der Waals surface area contributed by atoms with E-state index in [-0.39, 0.29) is 11.9 Å². The van der Waals surface area contributed by atoms with Gasteiger partial charge in [-0.25, -0.2) is 4.68 Å². The highest BCUT2D eigenvalue weighted by atomic mass is 32.2. The van der Waals surface area contributed by atoms with Crippen LogP contribution in [0.15, 0.2) is 41.4 Å². The molecule has 0 spiro atoms. The number of benzene rings is 1. The minimum Gasteiger partial charge on any atom is -0.307 e. The van der Waals surface area contributed by atoms with E-state index < -0.39 is 0 Å². The third-order valence-electron chi connectivity index (χ3n) is 3.32. The molecule has 0 aliphatic rings. The van der Waals surface area contributed by atoms with Crippen molar-refractivity contribution in [2.75, 3.05) is 11.1 Å². The number of hydrogen-bond donors (Lipinski definition) is 1. The molecule has 1 N–H and O–H groups in total. The molecule has 22 heavy (non-hydrogen) atoms. The Balaban J connectivity index is 2.13. The summed E-state index contributed by atoms with van der Waals surface area (Å²) < 4.78 is 1.81. The van der Waals surface area contributed by atoms with E-state index in [1.54, 1.807) is 24.4 Å². The number of hydrogen-bond acceptors (Lipinski definition) is 4. The average molecular weight is 314 g/mol. The Labute approximate surface area is 134 Å². The van der Waals surface area contributed by atoms with Gasteiger partial charge in [0.05, 0.1) is 24.1 Å². The van der Waals surface area contributed by atoms with Crippen molar-refractivity contribution in [1.82, 2.24) is 9.78 Å². The van der Waals surface area contributed by atoms with Gasteiger partial charge in [0.1, 0.15) is 5.82 Å². The van der Waals surface area contributed by atoms with Crippen molar-refractivity contribution in [3.8, 4) is 6.07 Å². The van der Waals surface area contributed by atoms with Crippen LogP contribution in [0.1, 0.15) is 36.7 Å². The summed E-state index contributed by atoms with van der Waals surface area (Å²) >= 11 is 1.41. The molecular formula is C16H18N4OS. The molecule has 0 bridgehead atoms. The molecule has 2 aromatic rings. The summed E-state index contributed by atoms with van der Waals surface area (Å²) in [6.07, 6.45) is 2.62. The van der Waals surface area contributed by atoms with Gasteiger partial charge in [0.15, 0.2) is 0 Å². The molecule has 1 unspecified atom stereocenters. The largest absolute Gasteiger partial charge is 0.307 e. The molecule has 1 atom stereocenters. The van der Waals surface area contributed by atoms with Crippen molar-refractivity contribution in [1.29, 1.82) is 5.26 Å². The highest BCUT2D eigenvalue weighted by molar-refractivity contribution is 7.99. The van der Waals surface area contributed by atoms with Crippen molar-refractivity contribution in [3.63, 3.8) is 0 Å². The predicted molar refractivity (Wildman–Crippen MR) is 88.0 cm³/mol. The molecule has 1 amide bonds. The number of anilines is 1. The number of aromatic nitrogens is 2. The van der Waals surface area contributed by atoms with E-state index in [1.807, 2.05) is 16.8 Å². The van der Waals surface area contributed by atoms with Gasteiger partial charge in [-0.3, -0.25) is 4.79 Å². The standard InChI is InChI=1S/C16H18N4OS/c1-3-12(2)20-15(7-9-18-20)19-16(21)13-5-4-6-14(11-13)22-10-8-17/h4-7,9,11-12H,3,10H2,1-2H3,(H,19,21). The van der Waals surface area contributed by atoms with Crippen LogP contribution in [-0.4, -0.2) is 21.4 Å². The van der Waals surface area contributed by atoms with Crippen LogP contribution < -0.4 is 5.32 Å². The molecule has 2 rings (SSSR count). The van der Waals surface area contributed by atoms with E-state index in [2.05, 4.69) is 30.3 Å². The Kier molecular flexibility index (Phi) is 5.61. The lowest BCUT2D eigenvalue weighted by molar-refractivity contribution is 0.102. The summed E-state index contributed by atoms with van der Waals surface area (Å²) in [5.41, 5.74) is 0.569. The molecule has 0 radical (unpaired) electrons. The van der Waals surface area contributed by atoms with Gasteiger partial charge in [-0.2, -0.15) is 10.4 Å². The molecule has 1 heterocycles. The molecule has 6 heteroatoms. The Morgan fingerprint density at radius 2 is 2.32 bits per heavy atom. The van der Waals surface area contributed by atoms with Gasteiger partial charge in [-0.15, -0.1) is 11.8 Å². The number of carbonyl (C=O) groups excluding carboxylic acids is 1. The number of nitrogens with one attached hydrogen (secondary N) is 1. The SMILES string of the molecule is CCC(C)n1nccc1NC(=O)c1cccc(SCC#N)c1. The lowest BCUT2D eigenvalue weighted by Crippen LogP contribution is -2.17. The third-order valence-corrected chi connectivity index (χ3v) is 4.18. The molecule has 0 aliphatic carbocycles. The Morgan fingerprint density at radius 1 is 1.50 bits per heavy atom. The zero-order valence-electron chi connectivity index (χ0n) is 12.6. The van der Waals surface area contributed by atoms with E-state index in [1.165, 1.54) is 11.8 Å². The smallest absolute Gasteiger partial charge is 0.256 e. The molecule has 0 fully saturated rings. The Hall–Kier alpha value is -2.26. The van der Waals surface area contributed by atoms with E-state index in [0.29, 0.717) is 17.1 Å². The topological polar surface area (TPSA) is 70.7 Å². The van der Waals surface area contributed by atoms with Gasteiger partial charge in [-0.05, 0) is 31.5 Å². The average Bonchev–Trinajstić information content (AvgIpc) is 3.00. The van der Waals surface area contributed by atoms with Crippen LogP contribution in [0.5, 0.6) is 0 Å². The summed E-state index contributed by atoms with van der Waals surface area (Å²) in [5.74, 6) is 0.880. The second-order valence-electron chi connectivity index (χ2n) is 4.85. The molecule has 5 nitrogen and oxygen atoms in total. The fourth-order valence-electron chi connectivity index (χ4n) is 1.97. The maximum absolute atomic E-state index is 12.4. The van der Waals surface area contributed by atoms with E-state index in [0.717, 1.165) is 11.3 Å². The molecule has 0 aliphatic heterocycles. The molecule has 1 aromatic heterocycles. The minimum absolute atomic E-state index is 0.176. The first-order chi connectivity index (χ1) is 10.7. The molecule has 1 aromatic carbocycles. The van der Waals surface area contributed by atoms with Crippen molar-refractivity contribution < 1.29 is 4.79 Å². The monoisotopic (exact) mass is 314 g/mol. The molecule has 0 saturated heterocycles. The van der Waals surface area contributed by atoms with E-state index in [9.17, 15) is 4.79 Å². The summed E-state index contributed by atoms with van der Waals surface area (Å²) in [6.45, 7) is 4.13. The number of carbonyl (C=O) groups is 1. The Morgan fingerprint density at radius 3 is 3.05 bits per heavy atom. The van der Waals surface area contributed by atoms with E-state index in [4.69, 9.17) is 5.26 Å². The second-order valence-corrected chi connectivity index (χ2v) is 5.90. The second kappa shape index (κ2) is 7.66. The summed E-state index contributed by atoms with van der Waals surface area (Å²) in [5, 5.41) is 15.8. The summed E-state index contributed by atoms with van der Waals surface area (Å²) in [7, 11) is 0. The van der Waals surface area contributed by atoms with Crippen molar-refractivity contribution in [2.24, 2.45) is 0 Å². The van der Waals surface area contributed by atoms with Crippen LogP contribution >= 0.6 is 11.8 Å². The van der Waals surface area contributed by atoms with Crippen LogP contribution in [0.3, 0.4) is 0 Å². The quantitative estimate of drug-likeness (QED) is 0.825. The van der Waals surface area contributed by atoms with Crippen LogP contribution in [0.4, 0.5) is 5.82 Å². The molecular weight excluding hydrogens is 296 g/mol. The maximum Gasteiger partial charge on any atom is 0.256 e. The van der Waals surface area contributed by atoms with Crippen LogP contribution in [-0.2, 0) is 0 Å². The van der Waals surface area contributed by atoms with Crippen LogP contribution in [0.25, 0.3) is 0 Å². The van der Waals surface area contributed by atoms with Crippen LogP contribution in [0, 0.1) is 11.3 Å². The number of thioether (sulfide) groups is 1. The van der Waals surface area contributed by atoms with Gasteiger partial charge in [0, 0.05) is 16.5 Å². The first-order valence-electron chi connectivity index (χ1n) is 7.10. The maximum atomic E-state index is 12.4. The number of nitriles is 1. The zero-order valence-corrected chi connectivity index (χ0v) is 13.4. The van der Waals surface area contributed by atoms with Gasteiger partial charge in [0.2, 0.25) is 0 Å². The minimum atomic E-state index is -0.176. The number of nitrogens with zero attached hydrogens (tertiary/aromatic N) is 3. The molecule has 114 valence electrons. The van der Waals surface area contributed by atoms with Crippen molar-refractivity contribution >= 4 is 23.5 Å². The fourth-order valence-corrected chi connectivity index (χ4v) is 2.58. The normalized spacial score (nSPS) is 11.7. The predicted octanol–water partition coefficient (Wildman–Crippen LogP) is 3.72. The highest BCUT2D eigenvalue weighted by Crippen LogP contribution is 2.20. The first kappa shape index (κ1) is 16.1. The summed E-state index contributed by atoms with van der Waals surface area (Å²) in [4.78, 5) is 13.3. The number of amides is 1. The first-order valence-corrected chi connectivity index (χ1v) is 8.09. The van der Waals surface area contributed by atoms with Crippen molar-refractivity contribution in [2.45, 2.75) is 31.2 Å². The van der Waals surface area contributed by atoms with Crippen molar-refractivity contribution in [3.05, 3.63) is 42.1 Å². The molecule has 0 saturated carbocycles. The van der Waals surface area contributed by atoms with Gasteiger partial charge >= 0.3 is 0 Å². The third kappa shape index (κ3) is 3.89. The highest BCUT2D eigenvalue weighted by Gasteiger charge is 2.12. The van der Waals surface area contributed by atoms with Gasteiger partial charge in [-0.1, -0.05) is 13.0 Å². The number of rotatable bonds is 6.